The van der Waals surface area contributed by atoms with Crippen molar-refractivity contribution in [2.75, 3.05) is 32.8 Å². The topological polar surface area (TPSA) is 58.8 Å². The molecule has 2 aromatic rings. The quantitative estimate of drug-likeness (QED) is 0.838. The fraction of sp³-hybridized carbons (Fsp3) is 0.556. The Bertz CT molecular complexity index is 694. The summed E-state index contributed by atoms with van der Waals surface area (Å²) in [4.78, 5) is 22.6. The fourth-order valence-corrected chi connectivity index (χ4v) is 4.22. The zero-order valence-electron chi connectivity index (χ0n) is 14.2. The number of morpholine rings is 1. The number of thiophene rings is 1. The summed E-state index contributed by atoms with van der Waals surface area (Å²) in [6.07, 6.45) is 4.91. The van der Waals surface area contributed by atoms with Crippen molar-refractivity contribution in [3.05, 3.63) is 29.6 Å². The van der Waals surface area contributed by atoms with Crippen LogP contribution < -0.4 is 0 Å². The van der Waals surface area contributed by atoms with Crippen LogP contribution in [-0.4, -0.2) is 59.6 Å². The number of rotatable bonds is 4. The number of amides is 1. The third-order valence-electron chi connectivity index (χ3n) is 4.88. The molecule has 0 radical (unpaired) electrons. The molecule has 0 spiro atoms. The van der Waals surface area contributed by atoms with Crippen LogP contribution in [0, 0.1) is 0 Å². The van der Waals surface area contributed by atoms with Gasteiger partial charge in [0.1, 0.15) is 0 Å². The van der Waals surface area contributed by atoms with Crippen LogP contribution in [-0.2, 0) is 16.1 Å². The molecular weight excluding hydrogens is 338 g/mol. The summed E-state index contributed by atoms with van der Waals surface area (Å²) in [6.45, 7) is 4.18. The second-order valence-corrected chi connectivity index (χ2v) is 7.46. The summed E-state index contributed by atoms with van der Waals surface area (Å²) in [6, 6.07) is 3.97. The van der Waals surface area contributed by atoms with E-state index in [-0.39, 0.29) is 11.9 Å². The summed E-state index contributed by atoms with van der Waals surface area (Å²) >= 11 is 1.64. The Kier molecular flexibility index (Phi) is 5.14. The molecular formula is C18H23N3O3S. The van der Waals surface area contributed by atoms with Crippen LogP contribution in [0.3, 0.4) is 0 Å². The van der Waals surface area contributed by atoms with Crippen molar-refractivity contribution >= 4 is 17.2 Å². The smallest absolute Gasteiger partial charge is 0.240 e. The number of carbonyl (C=O) groups is 1. The number of carbonyl (C=O) groups excluding carboxylic acids is 1. The highest BCUT2D eigenvalue weighted by molar-refractivity contribution is 7.13. The van der Waals surface area contributed by atoms with Gasteiger partial charge in [0.15, 0.2) is 5.76 Å². The molecule has 0 saturated carbocycles. The highest BCUT2D eigenvalue weighted by Gasteiger charge is 2.33. The minimum Gasteiger partial charge on any atom is -0.438 e. The van der Waals surface area contributed by atoms with Crippen LogP contribution >= 0.6 is 11.3 Å². The van der Waals surface area contributed by atoms with Crippen LogP contribution in [0.1, 0.15) is 25.2 Å². The number of ether oxygens (including phenoxy) is 1. The fourth-order valence-electron chi connectivity index (χ4n) is 3.54. The van der Waals surface area contributed by atoms with Gasteiger partial charge in [-0.3, -0.25) is 9.69 Å². The Hall–Kier alpha value is -1.70. The lowest BCUT2D eigenvalue weighted by Crippen LogP contribution is -2.53. The second kappa shape index (κ2) is 7.68. The number of likely N-dealkylation sites (tertiary alicyclic amines) is 1. The average molecular weight is 361 g/mol. The monoisotopic (exact) mass is 361 g/mol. The van der Waals surface area contributed by atoms with E-state index in [1.54, 1.807) is 17.5 Å². The number of piperidine rings is 1. The van der Waals surface area contributed by atoms with Gasteiger partial charge in [0.25, 0.3) is 0 Å². The number of hydrogen-bond acceptors (Lipinski definition) is 6. The number of oxazole rings is 1. The molecule has 0 N–H and O–H groups in total. The minimum atomic E-state index is -0.0658. The number of aromatic nitrogens is 1. The van der Waals surface area contributed by atoms with Gasteiger partial charge in [-0.15, -0.1) is 11.3 Å². The predicted octanol–water partition coefficient (Wildman–Crippen LogP) is 2.62. The SMILES string of the molecule is O=C(C1CCCCN1Cc1ncc(-c2cccs2)o1)N1CCOCC1. The second-order valence-electron chi connectivity index (χ2n) is 6.52. The van der Waals surface area contributed by atoms with E-state index < -0.39 is 0 Å². The van der Waals surface area contributed by atoms with Crippen molar-refractivity contribution in [2.45, 2.75) is 31.8 Å². The van der Waals surface area contributed by atoms with Gasteiger partial charge in [-0.25, -0.2) is 4.98 Å². The van der Waals surface area contributed by atoms with E-state index in [9.17, 15) is 4.79 Å². The van der Waals surface area contributed by atoms with Crippen molar-refractivity contribution in [3.63, 3.8) is 0 Å². The molecule has 4 rings (SSSR count). The summed E-state index contributed by atoms with van der Waals surface area (Å²) in [5, 5.41) is 2.03. The van der Waals surface area contributed by atoms with Crippen molar-refractivity contribution in [3.8, 4) is 10.6 Å². The van der Waals surface area contributed by atoms with Gasteiger partial charge in [0.05, 0.1) is 36.9 Å². The van der Waals surface area contributed by atoms with E-state index in [2.05, 4.69) is 9.88 Å². The van der Waals surface area contributed by atoms with Crippen molar-refractivity contribution in [2.24, 2.45) is 0 Å². The standard InChI is InChI=1S/C18H23N3O3S/c22-18(20-7-9-23-10-8-20)14-4-1-2-6-21(14)13-17-19-12-15(24-17)16-5-3-11-25-16/h3,5,11-12,14H,1-2,4,6-10,13H2. The molecule has 1 atom stereocenters. The van der Waals surface area contributed by atoms with Crippen molar-refractivity contribution < 1.29 is 13.9 Å². The molecule has 2 saturated heterocycles. The molecule has 1 unspecified atom stereocenters. The van der Waals surface area contributed by atoms with E-state index in [0.29, 0.717) is 38.7 Å². The Balaban J connectivity index is 1.45. The summed E-state index contributed by atoms with van der Waals surface area (Å²) in [5.74, 6) is 1.72. The Morgan fingerprint density at radius 3 is 2.96 bits per heavy atom. The van der Waals surface area contributed by atoms with Crippen LogP contribution in [0.25, 0.3) is 10.6 Å². The molecule has 7 heteroatoms. The Morgan fingerprint density at radius 2 is 2.16 bits per heavy atom. The van der Waals surface area contributed by atoms with Crippen LogP contribution in [0.4, 0.5) is 0 Å². The lowest BCUT2D eigenvalue weighted by molar-refractivity contribution is -0.142. The maximum atomic E-state index is 12.9. The van der Waals surface area contributed by atoms with E-state index in [4.69, 9.17) is 9.15 Å². The van der Waals surface area contributed by atoms with Gasteiger partial charge >= 0.3 is 0 Å². The largest absolute Gasteiger partial charge is 0.438 e. The van der Waals surface area contributed by atoms with E-state index >= 15 is 0 Å². The molecule has 0 bridgehead atoms. The van der Waals surface area contributed by atoms with E-state index in [1.165, 1.54) is 0 Å². The molecule has 2 aliphatic heterocycles. The molecule has 2 fully saturated rings. The predicted molar refractivity (Wildman–Crippen MR) is 95.3 cm³/mol. The molecule has 4 heterocycles. The lowest BCUT2D eigenvalue weighted by atomic mass is 10.0. The van der Waals surface area contributed by atoms with Crippen LogP contribution in [0.2, 0.25) is 0 Å². The van der Waals surface area contributed by atoms with Gasteiger partial charge in [-0.2, -0.15) is 0 Å². The first-order valence-electron chi connectivity index (χ1n) is 8.90. The minimum absolute atomic E-state index is 0.0658. The molecule has 0 aromatic carbocycles. The summed E-state index contributed by atoms with van der Waals surface area (Å²) < 4.78 is 11.3. The maximum absolute atomic E-state index is 12.9. The number of nitrogens with zero attached hydrogens (tertiary/aromatic N) is 3. The molecule has 2 aromatic heterocycles. The highest BCUT2D eigenvalue weighted by Crippen LogP contribution is 2.27. The molecule has 0 aliphatic carbocycles. The number of hydrogen-bond donors (Lipinski definition) is 0. The highest BCUT2D eigenvalue weighted by atomic mass is 32.1. The first kappa shape index (κ1) is 16.8. The summed E-state index contributed by atoms with van der Waals surface area (Å²) in [5.41, 5.74) is 0. The molecule has 25 heavy (non-hydrogen) atoms. The first-order valence-corrected chi connectivity index (χ1v) is 9.78. The van der Waals surface area contributed by atoms with Gasteiger partial charge in [0.2, 0.25) is 11.8 Å². The lowest BCUT2D eigenvalue weighted by Gasteiger charge is -2.38. The maximum Gasteiger partial charge on any atom is 0.240 e. The van der Waals surface area contributed by atoms with Gasteiger partial charge in [0, 0.05) is 13.1 Å². The first-order chi connectivity index (χ1) is 12.3. The molecule has 134 valence electrons. The zero-order chi connectivity index (χ0) is 17.1. The van der Waals surface area contributed by atoms with E-state index in [1.807, 2.05) is 22.4 Å². The third kappa shape index (κ3) is 3.78. The van der Waals surface area contributed by atoms with Crippen LogP contribution in [0.15, 0.2) is 28.1 Å². The van der Waals surface area contributed by atoms with Gasteiger partial charge < -0.3 is 14.1 Å². The van der Waals surface area contributed by atoms with Crippen molar-refractivity contribution in [1.82, 2.24) is 14.8 Å². The average Bonchev–Trinajstić information content (AvgIpc) is 3.34. The molecule has 1 amide bonds. The normalized spacial score (nSPS) is 22.2. The Labute approximate surface area is 151 Å². The Morgan fingerprint density at radius 1 is 1.28 bits per heavy atom. The van der Waals surface area contributed by atoms with E-state index in [0.717, 1.165) is 36.4 Å². The molecule has 6 nitrogen and oxygen atoms in total. The zero-order valence-corrected chi connectivity index (χ0v) is 15.0. The third-order valence-corrected chi connectivity index (χ3v) is 5.76. The van der Waals surface area contributed by atoms with Crippen LogP contribution in [0.5, 0.6) is 0 Å². The molecule has 2 aliphatic rings. The van der Waals surface area contributed by atoms with Crippen molar-refractivity contribution in [1.29, 1.82) is 0 Å². The summed E-state index contributed by atoms with van der Waals surface area (Å²) in [7, 11) is 0. The van der Waals surface area contributed by atoms with Gasteiger partial charge in [-0.1, -0.05) is 12.5 Å². The van der Waals surface area contributed by atoms with Gasteiger partial charge in [-0.05, 0) is 30.8 Å².